The topological polar surface area (TPSA) is 73.4 Å². The van der Waals surface area contributed by atoms with Crippen LogP contribution >= 0.6 is 0 Å². The third kappa shape index (κ3) is 2.61. The second-order valence-corrected chi connectivity index (χ2v) is 2.98. The van der Waals surface area contributed by atoms with E-state index in [1.807, 2.05) is 0 Å². The molecule has 0 bridgehead atoms. The molecule has 2 N–H and O–H groups in total. The zero-order chi connectivity index (χ0) is 11.4. The van der Waals surface area contributed by atoms with E-state index in [-0.39, 0.29) is 18.0 Å². The summed E-state index contributed by atoms with van der Waals surface area (Å²) >= 11 is 0. The lowest BCUT2D eigenvalue weighted by molar-refractivity contribution is 0.0812. The molecule has 0 unspecified atom stereocenters. The number of carbonyl (C=O) groups excluding carboxylic acids is 1. The zero-order valence-electron chi connectivity index (χ0n) is 8.15. The highest BCUT2D eigenvalue weighted by Crippen LogP contribution is 2.06. The summed E-state index contributed by atoms with van der Waals surface area (Å²) in [4.78, 5) is 26.0. The highest BCUT2D eigenvalue weighted by molar-refractivity contribution is 5.94. The fraction of sp³-hybridized carbons (Fsp3) is 0.200. The number of carbonyl (C=O) groups is 1. The summed E-state index contributed by atoms with van der Waals surface area (Å²) in [7, 11) is 1.51. The molecular weight excluding hydrogens is 196 g/mol. The quantitative estimate of drug-likeness (QED) is 0.657. The molecule has 0 saturated heterocycles. The minimum Gasteiger partial charge on any atom is -0.494 e. The van der Waals surface area contributed by atoms with Crippen LogP contribution in [0.15, 0.2) is 16.9 Å². The SMILES string of the molecule is C#CCN(C)C(=O)c1cc(O)[nH]c(=O)c1. The maximum Gasteiger partial charge on any atom is 0.254 e. The fourth-order valence-corrected chi connectivity index (χ4v) is 1.08. The Balaban J connectivity index is 3.02. The van der Waals surface area contributed by atoms with Gasteiger partial charge in [-0.1, -0.05) is 5.92 Å². The van der Waals surface area contributed by atoms with Gasteiger partial charge in [0.15, 0.2) is 5.88 Å². The number of hydrogen-bond donors (Lipinski definition) is 2. The molecule has 0 atom stereocenters. The Morgan fingerprint density at radius 1 is 1.67 bits per heavy atom. The van der Waals surface area contributed by atoms with E-state index in [0.717, 1.165) is 6.07 Å². The van der Waals surface area contributed by atoms with Crippen molar-refractivity contribution in [2.75, 3.05) is 13.6 Å². The second kappa shape index (κ2) is 4.33. The van der Waals surface area contributed by atoms with E-state index in [1.165, 1.54) is 18.0 Å². The average Bonchev–Trinajstić information content (AvgIpc) is 2.15. The van der Waals surface area contributed by atoms with Gasteiger partial charge in [0.05, 0.1) is 12.1 Å². The lowest BCUT2D eigenvalue weighted by Crippen LogP contribution is -2.27. The molecule has 0 saturated carbocycles. The molecule has 15 heavy (non-hydrogen) atoms. The Labute approximate surface area is 86.4 Å². The van der Waals surface area contributed by atoms with Crippen molar-refractivity contribution in [1.29, 1.82) is 0 Å². The van der Waals surface area contributed by atoms with Gasteiger partial charge in [0, 0.05) is 19.2 Å². The van der Waals surface area contributed by atoms with Gasteiger partial charge in [0.1, 0.15) is 0 Å². The molecular formula is C10H10N2O3. The number of rotatable bonds is 2. The molecule has 1 amide bonds. The van der Waals surface area contributed by atoms with Crippen LogP contribution in [0.4, 0.5) is 0 Å². The third-order valence-corrected chi connectivity index (χ3v) is 1.75. The monoisotopic (exact) mass is 206 g/mol. The molecule has 78 valence electrons. The Morgan fingerprint density at radius 2 is 2.33 bits per heavy atom. The molecule has 1 aromatic heterocycles. The summed E-state index contributed by atoms with van der Waals surface area (Å²) in [6.45, 7) is 0.145. The normalized spacial score (nSPS) is 9.33. The van der Waals surface area contributed by atoms with Crippen LogP contribution in [0.3, 0.4) is 0 Å². The van der Waals surface area contributed by atoms with E-state index < -0.39 is 11.5 Å². The van der Waals surface area contributed by atoms with E-state index in [0.29, 0.717) is 0 Å². The van der Waals surface area contributed by atoms with Crippen molar-refractivity contribution in [1.82, 2.24) is 9.88 Å². The molecule has 0 aromatic carbocycles. The zero-order valence-corrected chi connectivity index (χ0v) is 8.15. The highest BCUT2D eigenvalue weighted by Gasteiger charge is 2.12. The summed E-state index contributed by atoms with van der Waals surface area (Å²) in [6.07, 6.45) is 5.04. The fourth-order valence-electron chi connectivity index (χ4n) is 1.08. The van der Waals surface area contributed by atoms with Crippen LogP contribution in [0.1, 0.15) is 10.4 Å². The maximum atomic E-state index is 11.6. The maximum absolute atomic E-state index is 11.6. The van der Waals surface area contributed by atoms with Crippen LogP contribution in [-0.2, 0) is 0 Å². The molecule has 0 spiro atoms. The van der Waals surface area contributed by atoms with Crippen molar-refractivity contribution in [2.24, 2.45) is 0 Å². The number of nitrogens with one attached hydrogen (secondary N) is 1. The van der Waals surface area contributed by atoms with Gasteiger partial charge < -0.3 is 10.0 Å². The molecule has 0 aliphatic rings. The first-order chi connectivity index (χ1) is 7.04. The van der Waals surface area contributed by atoms with Crippen molar-refractivity contribution in [3.63, 3.8) is 0 Å². The first kappa shape index (κ1) is 10.9. The van der Waals surface area contributed by atoms with E-state index in [2.05, 4.69) is 10.9 Å². The van der Waals surface area contributed by atoms with Gasteiger partial charge in [-0.2, -0.15) is 0 Å². The number of H-pyrrole nitrogens is 1. The van der Waals surface area contributed by atoms with Gasteiger partial charge in [-0.25, -0.2) is 0 Å². The molecule has 5 nitrogen and oxygen atoms in total. The number of aromatic amines is 1. The van der Waals surface area contributed by atoms with Crippen molar-refractivity contribution in [3.05, 3.63) is 28.0 Å². The summed E-state index contributed by atoms with van der Waals surface area (Å²) in [5, 5.41) is 9.09. The summed E-state index contributed by atoms with van der Waals surface area (Å²) in [5.74, 6) is 1.55. The number of aromatic nitrogens is 1. The predicted molar refractivity (Wildman–Crippen MR) is 54.5 cm³/mol. The smallest absolute Gasteiger partial charge is 0.254 e. The Kier molecular flexibility index (Phi) is 3.13. The Hall–Kier alpha value is -2.22. The largest absolute Gasteiger partial charge is 0.494 e. The number of terminal acetylenes is 1. The first-order valence-corrected chi connectivity index (χ1v) is 4.17. The molecule has 0 radical (unpaired) electrons. The molecule has 0 aliphatic carbocycles. The molecule has 1 rings (SSSR count). The summed E-state index contributed by atoms with van der Waals surface area (Å²) in [6, 6.07) is 2.28. The van der Waals surface area contributed by atoms with Crippen molar-refractivity contribution in [2.45, 2.75) is 0 Å². The number of hydrogen-bond acceptors (Lipinski definition) is 3. The minimum atomic E-state index is -0.535. The molecule has 1 heterocycles. The predicted octanol–water partition coefficient (Wildman–Crippen LogP) is -0.214. The lowest BCUT2D eigenvalue weighted by Gasteiger charge is -2.13. The van der Waals surface area contributed by atoms with E-state index >= 15 is 0 Å². The van der Waals surface area contributed by atoms with Crippen LogP contribution in [-0.4, -0.2) is 34.5 Å². The molecule has 5 heteroatoms. The van der Waals surface area contributed by atoms with Crippen LogP contribution < -0.4 is 5.56 Å². The van der Waals surface area contributed by atoms with Gasteiger partial charge in [-0.15, -0.1) is 6.42 Å². The average molecular weight is 206 g/mol. The number of nitrogens with zero attached hydrogens (tertiary/aromatic N) is 1. The van der Waals surface area contributed by atoms with Gasteiger partial charge >= 0.3 is 0 Å². The Morgan fingerprint density at radius 3 is 2.87 bits per heavy atom. The van der Waals surface area contributed by atoms with Crippen LogP contribution in [0.5, 0.6) is 5.88 Å². The van der Waals surface area contributed by atoms with Crippen LogP contribution in [0.25, 0.3) is 0 Å². The number of aromatic hydroxyl groups is 1. The van der Waals surface area contributed by atoms with Gasteiger partial charge in [-0.05, 0) is 0 Å². The molecule has 0 aliphatic heterocycles. The van der Waals surface area contributed by atoms with Gasteiger partial charge in [-0.3, -0.25) is 14.6 Å². The van der Waals surface area contributed by atoms with E-state index in [1.54, 1.807) is 0 Å². The van der Waals surface area contributed by atoms with Crippen molar-refractivity contribution in [3.8, 4) is 18.2 Å². The second-order valence-electron chi connectivity index (χ2n) is 2.98. The van der Waals surface area contributed by atoms with E-state index in [4.69, 9.17) is 11.5 Å². The Bertz CT molecular complexity index is 470. The van der Waals surface area contributed by atoms with Crippen molar-refractivity contribution < 1.29 is 9.90 Å². The lowest BCUT2D eigenvalue weighted by atomic mass is 10.2. The summed E-state index contributed by atoms with van der Waals surface area (Å²) < 4.78 is 0. The van der Waals surface area contributed by atoms with Crippen LogP contribution in [0.2, 0.25) is 0 Å². The third-order valence-electron chi connectivity index (χ3n) is 1.75. The standard InChI is InChI=1S/C10H10N2O3/c1-3-4-12(2)10(15)7-5-8(13)11-9(14)6-7/h1,5-6H,4H2,2H3,(H2,11,13,14). The number of pyridine rings is 1. The highest BCUT2D eigenvalue weighted by atomic mass is 16.3. The van der Waals surface area contributed by atoms with Crippen molar-refractivity contribution >= 4 is 5.91 Å². The first-order valence-electron chi connectivity index (χ1n) is 4.17. The summed E-state index contributed by atoms with van der Waals surface area (Å²) in [5.41, 5.74) is -0.429. The van der Waals surface area contributed by atoms with E-state index in [9.17, 15) is 9.59 Å². The molecule has 1 aromatic rings. The van der Waals surface area contributed by atoms with Gasteiger partial charge in [0.25, 0.3) is 11.5 Å². The number of amides is 1. The minimum absolute atomic E-state index is 0.106. The van der Waals surface area contributed by atoms with Gasteiger partial charge in [0.2, 0.25) is 0 Å². The van der Waals surface area contributed by atoms with Crippen LogP contribution in [0, 0.1) is 12.3 Å². The molecule has 0 fully saturated rings.